The summed E-state index contributed by atoms with van der Waals surface area (Å²) in [6.07, 6.45) is 4.48. The average molecular weight is 222 g/mol. The predicted molar refractivity (Wildman–Crippen MR) is 69.3 cm³/mol. The summed E-state index contributed by atoms with van der Waals surface area (Å²) in [4.78, 5) is 0. The first kappa shape index (κ1) is 12.8. The molecule has 0 radical (unpaired) electrons. The Morgan fingerprint density at radius 1 is 1.12 bits per heavy atom. The zero-order chi connectivity index (χ0) is 11.8. The van der Waals surface area contributed by atoms with Gasteiger partial charge in [0.25, 0.3) is 0 Å². The minimum atomic E-state index is 0.713. The van der Waals surface area contributed by atoms with Crippen molar-refractivity contribution in [1.29, 1.82) is 0 Å². The highest BCUT2D eigenvalue weighted by Crippen LogP contribution is 2.16. The van der Waals surface area contributed by atoms with Gasteiger partial charge in [-0.15, -0.1) is 0 Å². The van der Waals surface area contributed by atoms with Crippen LogP contribution in [-0.2, 0) is 11.2 Å². The zero-order valence-electron chi connectivity index (χ0n) is 10.0. The summed E-state index contributed by atoms with van der Waals surface area (Å²) in [6.45, 7) is 3.77. The van der Waals surface area contributed by atoms with E-state index < -0.39 is 0 Å². The molecule has 1 aromatic carbocycles. The van der Waals surface area contributed by atoms with Gasteiger partial charge in [0.2, 0.25) is 0 Å². The molecule has 3 nitrogen and oxygen atoms in total. The maximum Gasteiger partial charge on any atom is 0.0507 e. The molecule has 0 saturated heterocycles. The van der Waals surface area contributed by atoms with Gasteiger partial charge >= 0.3 is 0 Å². The lowest BCUT2D eigenvalue weighted by atomic mass is 10.1. The Labute approximate surface area is 97.8 Å². The number of hydrogen-bond acceptors (Lipinski definition) is 3. The topological polar surface area (TPSA) is 61.3 Å². The van der Waals surface area contributed by atoms with Gasteiger partial charge in [0.1, 0.15) is 0 Å². The molecule has 0 aromatic heterocycles. The van der Waals surface area contributed by atoms with Crippen molar-refractivity contribution in [3.63, 3.8) is 0 Å². The number of unbranched alkanes of at least 4 members (excludes halogenated alkanes) is 2. The van der Waals surface area contributed by atoms with Crippen molar-refractivity contribution in [2.75, 3.05) is 24.7 Å². The molecule has 0 heterocycles. The Hall–Kier alpha value is -1.22. The number of rotatable bonds is 7. The summed E-state index contributed by atoms with van der Waals surface area (Å²) >= 11 is 0. The fourth-order valence-electron chi connectivity index (χ4n) is 1.58. The minimum Gasteiger partial charge on any atom is -0.399 e. The van der Waals surface area contributed by atoms with Crippen LogP contribution in [0.1, 0.15) is 31.7 Å². The van der Waals surface area contributed by atoms with Crippen molar-refractivity contribution >= 4 is 11.4 Å². The molecule has 90 valence electrons. The van der Waals surface area contributed by atoms with Gasteiger partial charge in [-0.3, -0.25) is 0 Å². The third-order valence-corrected chi connectivity index (χ3v) is 2.58. The lowest BCUT2D eigenvalue weighted by Gasteiger charge is -2.07. The summed E-state index contributed by atoms with van der Waals surface area (Å²) in [5.74, 6) is 0. The summed E-state index contributed by atoms with van der Waals surface area (Å²) in [5, 5.41) is 0. The van der Waals surface area contributed by atoms with Gasteiger partial charge in [0.05, 0.1) is 6.61 Å². The third-order valence-electron chi connectivity index (χ3n) is 2.58. The molecular formula is C13H22N2O. The Morgan fingerprint density at radius 2 is 1.94 bits per heavy atom. The van der Waals surface area contributed by atoms with Gasteiger partial charge in [-0.25, -0.2) is 0 Å². The fraction of sp³-hybridized carbons (Fsp3) is 0.538. The molecule has 0 spiro atoms. The molecular weight excluding hydrogens is 200 g/mol. The fourth-order valence-corrected chi connectivity index (χ4v) is 1.58. The van der Waals surface area contributed by atoms with Crippen LogP contribution in [0.4, 0.5) is 11.4 Å². The number of nitrogen functional groups attached to an aromatic ring is 2. The van der Waals surface area contributed by atoms with Gasteiger partial charge in [0.15, 0.2) is 0 Å². The summed E-state index contributed by atoms with van der Waals surface area (Å²) in [5.41, 5.74) is 14.1. The van der Waals surface area contributed by atoms with Crippen LogP contribution in [0.2, 0.25) is 0 Å². The van der Waals surface area contributed by atoms with Crippen molar-refractivity contribution in [1.82, 2.24) is 0 Å². The highest BCUT2D eigenvalue weighted by Gasteiger charge is 1.99. The molecule has 0 unspecified atom stereocenters. The SMILES string of the molecule is CCCCCOCCc1ccc(N)cc1N. The lowest BCUT2D eigenvalue weighted by molar-refractivity contribution is 0.133. The highest BCUT2D eigenvalue weighted by atomic mass is 16.5. The molecule has 0 bridgehead atoms. The zero-order valence-corrected chi connectivity index (χ0v) is 10.0. The van der Waals surface area contributed by atoms with Crippen molar-refractivity contribution in [2.45, 2.75) is 32.6 Å². The number of ether oxygens (including phenoxy) is 1. The molecule has 4 N–H and O–H groups in total. The van der Waals surface area contributed by atoms with Crippen LogP contribution in [0.25, 0.3) is 0 Å². The normalized spacial score (nSPS) is 10.6. The molecule has 0 saturated carbocycles. The van der Waals surface area contributed by atoms with Gasteiger partial charge in [-0.05, 0) is 30.5 Å². The van der Waals surface area contributed by atoms with E-state index in [1.165, 1.54) is 12.8 Å². The second-order valence-corrected chi connectivity index (χ2v) is 4.03. The van der Waals surface area contributed by atoms with Crippen LogP contribution in [-0.4, -0.2) is 13.2 Å². The van der Waals surface area contributed by atoms with E-state index in [-0.39, 0.29) is 0 Å². The molecule has 0 aliphatic rings. The van der Waals surface area contributed by atoms with E-state index >= 15 is 0 Å². The van der Waals surface area contributed by atoms with Gasteiger partial charge in [-0.1, -0.05) is 25.8 Å². The second kappa shape index (κ2) is 7.12. The summed E-state index contributed by atoms with van der Waals surface area (Å²) in [7, 11) is 0. The molecule has 1 rings (SSSR count). The maximum atomic E-state index is 5.85. The van der Waals surface area contributed by atoms with Gasteiger partial charge in [0, 0.05) is 18.0 Å². The van der Waals surface area contributed by atoms with Crippen LogP contribution >= 0.6 is 0 Å². The monoisotopic (exact) mass is 222 g/mol. The first-order chi connectivity index (χ1) is 7.74. The van der Waals surface area contributed by atoms with E-state index in [2.05, 4.69) is 6.92 Å². The van der Waals surface area contributed by atoms with Crippen LogP contribution in [0.5, 0.6) is 0 Å². The van der Waals surface area contributed by atoms with E-state index in [0.717, 1.165) is 37.3 Å². The Morgan fingerprint density at radius 3 is 2.62 bits per heavy atom. The quantitative estimate of drug-likeness (QED) is 0.550. The van der Waals surface area contributed by atoms with Crippen molar-refractivity contribution < 1.29 is 4.74 Å². The van der Waals surface area contributed by atoms with Crippen molar-refractivity contribution in [3.8, 4) is 0 Å². The largest absolute Gasteiger partial charge is 0.399 e. The lowest BCUT2D eigenvalue weighted by Crippen LogP contribution is -2.03. The van der Waals surface area contributed by atoms with E-state index in [9.17, 15) is 0 Å². The van der Waals surface area contributed by atoms with Crippen LogP contribution in [0.15, 0.2) is 18.2 Å². The maximum absolute atomic E-state index is 5.85. The number of nitrogens with two attached hydrogens (primary N) is 2. The van der Waals surface area contributed by atoms with Crippen molar-refractivity contribution in [2.24, 2.45) is 0 Å². The molecule has 16 heavy (non-hydrogen) atoms. The van der Waals surface area contributed by atoms with Gasteiger partial charge < -0.3 is 16.2 Å². The van der Waals surface area contributed by atoms with Crippen LogP contribution < -0.4 is 11.5 Å². The van der Waals surface area contributed by atoms with Crippen molar-refractivity contribution in [3.05, 3.63) is 23.8 Å². The molecule has 0 atom stereocenters. The molecule has 0 fully saturated rings. The summed E-state index contributed by atoms with van der Waals surface area (Å²) < 4.78 is 5.54. The Balaban J connectivity index is 2.21. The molecule has 0 amide bonds. The van der Waals surface area contributed by atoms with Gasteiger partial charge in [-0.2, -0.15) is 0 Å². The molecule has 3 heteroatoms. The predicted octanol–water partition coefficient (Wildman–Crippen LogP) is 2.60. The molecule has 0 aliphatic heterocycles. The minimum absolute atomic E-state index is 0.713. The Bertz CT molecular complexity index is 313. The van der Waals surface area contributed by atoms with E-state index in [1.807, 2.05) is 12.1 Å². The summed E-state index contributed by atoms with van der Waals surface area (Å²) in [6, 6.07) is 5.65. The first-order valence-corrected chi connectivity index (χ1v) is 5.95. The second-order valence-electron chi connectivity index (χ2n) is 4.03. The molecule has 0 aliphatic carbocycles. The van der Waals surface area contributed by atoms with E-state index in [4.69, 9.17) is 16.2 Å². The Kier molecular flexibility index (Phi) is 5.72. The van der Waals surface area contributed by atoms with E-state index in [0.29, 0.717) is 5.69 Å². The number of benzene rings is 1. The third kappa shape index (κ3) is 4.53. The smallest absolute Gasteiger partial charge is 0.0507 e. The highest BCUT2D eigenvalue weighted by molar-refractivity contribution is 5.56. The molecule has 1 aromatic rings. The number of anilines is 2. The first-order valence-electron chi connectivity index (χ1n) is 5.95. The van der Waals surface area contributed by atoms with Crippen LogP contribution in [0, 0.1) is 0 Å². The van der Waals surface area contributed by atoms with E-state index in [1.54, 1.807) is 6.07 Å². The standard InChI is InChI=1S/C13H22N2O/c1-2-3-4-8-16-9-7-11-5-6-12(14)10-13(11)15/h5-6,10H,2-4,7-9,14-15H2,1H3. The van der Waals surface area contributed by atoms with Crippen LogP contribution in [0.3, 0.4) is 0 Å². The number of hydrogen-bond donors (Lipinski definition) is 2. The average Bonchev–Trinajstić information content (AvgIpc) is 2.26.